The third kappa shape index (κ3) is 5.11. The van der Waals surface area contributed by atoms with E-state index >= 15 is 0 Å². The van der Waals surface area contributed by atoms with Crippen molar-refractivity contribution in [1.82, 2.24) is 20.1 Å². The molecule has 28 heavy (non-hydrogen) atoms. The molecule has 3 amide bonds. The summed E-state index contributed by atoms with van der Waals surface area (Å²) < 4.78 is 1.72. The van der Waals surface area contributed by atoms with Gasteiger partial charge in [-0.15, -0.1) is 10.2 Å². The summed E-state index contributed by atoms with van der Waals surface area (Å²) >= 11 is 7.19. The molecule has 0 radical (unpaired) electrons. The van der Waals surface area contributed by atoms with E-state index in [1.54, 1.807) is 29.1 Å². The minimum Gasteiger partial charge on any atom is -0.307 e. The number of halogens is 1. The maximum Gasteiger partial charge on any atom is 0.325 e. The number of rotatable bonds is 5. The van der Waals surface area contributed by atoms with Crippen molar-refractivity contribution in [3.63, 3.8) is 0 Å². The molecule has 2 N–H and O–H groups in total. The minimum absolute atomic E-state index is 0.0135. The normalized spacial score (nSPS) is 10.5. The fraction of sp³-hybridized carbons (Fsp3) is 0.158. The van der Waals surface area contributed by atoms with Crippen LogP contribution in [0.25, 0.3) is 5.69 Å². The smallest absolute Gasteiger partial charge is 0.307 e. The molecule has 3 rings (SSSR count). The maximum atomic E-state index is 12.1. The first-order chi connectivity index (χ1) is 13.4. The number of benzene rings is 2. The molecule has 9 heteroatoms. The monoisotopic (exact) mass is 415 g/mol. The van der Waals surface area contributed by atoms with Gasteiger partial charge in [0.25, 0.3) is 0 Å². The highest BCUT2D eigenvalue weighted by Crippen LogP contribution is 2.21. The molecule has 1 heterocycles. The third-order valence-corrected chi connectivity index (χ3v) is 5.00. The molecule has 0 unspecified atom stereocenters. The zero-order valence-electron chi connectivity index (χ0n) is 15.3. The number of urea groups is 1. The Morgan fingerprint density at radius 1 is 1.18 bits per heavy atom. The van der Waals surface area contributed by atoms with Crippen molar-refractivity contribution in [3.8, 4) is 5.69 Å². The van der Waals surface area contributed by atoms with Crippen LogP contribution < -0.4 is 10.6 Å². The number of aromatic nitrogens is 3. The lowest BCUT2D eigenvalue weighted by atomic mass is 10.1. The van der Waals surface area contributed by atoms with Gasteiger partial charge in [-0.1, -0.05) is 47.1 Å². The second-order valence-corrected chi connectivity index (χ2v) is 7.45. The zero-order valence-corrected chi connectivity index (χ0v) is 16.8. The van der Waals surface area contributed by atoms with Crippen molar-refractivity contribution in [2.24, 2.45) is 0 Å². The van der Waals surface area contributed by atoms with Crippen molar-refractivity contribution in [1.29, 1.82) is 0 Å². The van der Waals surface area contributed by atoms with E-state index in [-0.39, 0.29) is 5.75 Å². The molecule has 3 aromatic rings. The van der Waals surface area contributed by atoms with E-state index in [2.05, 4.69) is 20.8 Å². The highest BCUT2D eigenvalue weighted by Gasteiger charge is 2.13. The average molecular weight is 416 g/mol. The Labute approximate surface area is 171 Å². The number of hydrogen-bond donors (Lipinski definition) is 2. The fourth-order valence-electron chi connectivity index (χ4n) is 2.53. The van der Waals surface area contributed by atoms with E-state index < -0.39 is 11.9 Å². The van der Waals surface area contributed by atoms with Crippen LogP contribution in [-0.2, 0) is 4.79 Å². The predicted molar refractivity (Wildman–Crippen MR) is 110 cm³/mol. The van der Waals surface area contributed by atoms with Crippen LogP contribution in [0.1, 0.15) is 11.1 Å². The molecule has 2 aromatic carbocycles. The summed E-state index contributed by atoms with van der Waals surface area (Å²) in [4.78, 5) is 24.2. The summed E-state index contributed by atoms with van der Waals surface area (Å²) in [5.74, 6) is -0.424. The number of anilines is 1. The largest absolute Gasteiger partial charge is 0.325 e. The van der Waals surface area contributed by atoms with Crippen LogP contribution in [0.4, 0.5) is 10.5 Å². The second-order valence-electron chi connectivity index (χ2n) is 6.07. The molecule has 0 saturated carbocycles. The van der Waals surface area contributed by atoms with Gasteiger partial charge in [0.15, 0.2) is 5.16 Å². The van der Waals surface area contributed by atoms with Gasteiger partial charge in [-0.05, 0) is 43.7 Å². The topological polar surface area (TPSA) is 88.9 Å². The Hall–Kier alpha value is -2.84. The first-order valence-electron chi connectivity index (χ1n) is 8.39. The van der Waals surface area contributed by atoms with Crippen LogP contribution in [0.2, 0.25) is 5.02 Å². The van der Waals surface area contributed by atoms with E-state index in [0.29, 0.717) is 15.9 Å². The number of thioether (sulfide) groups is 1. The van der Waals surface area contributed by atoms with Crippen molar-refractivity contribution in [3.05, 3.63) is 64.9 Å². The van der Waals surface area contributed by atoms with Crippen molar-refractivity contribution < 1.29 is 9.59 Å². The van der Waals surface area contributed by atoms with Gasteiger partial charge in [-0.3, -0.25) is 14.7 Å². The molecular formula is C19H18ClN5O2S. The van der Waals surface area contributed by atoms with Gasteiger partial charge in [0.1, 0.15) is 6.33 Å². The Bertz CT molecular complexity index is 1020. The molecule has 0 fully saturated rings. The van der Waals surface area contributed by atoms with Crippen LogP contribution >= 0.6 is 23.4 Å². The maximum absolute atomic E-state index is 12.1. The van der Waals surface area contributed by atoms with Gasteiger partial charge in [-0.2, -0.15) is 0 Å². The Balaban J connectivity index is 1.56. The average Bonchev–Trinajstić information content (AvgIpc) is 3.11. The lowest BCUT2D eigenvalue weighted by molar-refractivity contribution is -0.117. The standard InChI is InChI=1S/C19H18ClN5O2S/c1-12-6-7-16(13(2)8-12)22-18(27)23-17(26)10-28-19-24-21-11-25(19)15-5-3-4-14(20)9-15/h3-9,11H,10H2,1-2H3,(H2,22,23,26,27). The molecule has 0 saturated heterocycles. The van der Waals surface area contributed by atoms with Crippen LogP contribution in [-0.4, -0.2) is 32.5 Å². The van der Waals surface area contributed by atoms with Crippen LogP contribution in [0, 0.1) is 13.8 Å². The van der Waals surface area contributed by atoms with Gasteiger partial charge in [0, 0.05) is 10.7 Å². The summed E-state index contributed by atoms with van der Waals surface area (Å²) in [6.45, 7) is 3.86. The quantitative estimate of drug-likeness (QED) is 0.615. The lowest BCUT2D eigenvalue weighted by Crippen LogP contribution is -2.35. The fourth-order valence-corrected chi connectivity index (χ4v) is 3.44. The molecule has 0 bridgehead atoms. The summed E-state index contributed by atoms with van der Waals surface area (Å²) in [5.41, 5.74) is 3.46. The SMILES string of the molecule is Cc1ccc(NC(=O)NC(=O)CSc2nncn2-c2cccc(Cl)c2)c(C)c1. The van der Waals surface area contributed by atoms with Crippen LogP contribution in [0.3, 0.4) is 0 Å². The number of aryl methyl sites for hydroxylation is 2. The number of hydrogen-bond acceptors (Lipinski definition) is 5. The summed E-state index contributed by atoms with van der Waals surface area (Å²) in [6.07, 6.45) is 1.54. The molecule has 0 aliphatic carbocycles. The molecule has 0 aliphatic rings. The summed E-state index contributed by atoms with van der Waals surface area (Å²) in [6, 6.07) is 12.3. The van der Waals surface area contributed by atoms with Crippen LogP contribution in [0.15, 0.2) is 53.9 Å². The number of nitrogens with zero attached hydrogens (tertiary/aromatic N) is 3. The Morgan fingerprint density at radius 2 is 2.00 bits per heavy atom. The first-order valence-corrected chi connectivity index (χ1v) is 9.75. The molecular weight excluding hydrogens is 398 g/mol. The second kappa shape index (κ2) is 8.90. The van der Waals surface area contributed by atoms with E-state index in [1.807, 2.05) is 38.1 Å². The molecule has 0 atom stereocenters. The highest BCUT2D eigenvalue weighted by molar-refractivity contribution is 7.99. The zero-order chi connectivity index (χ0) is 20.1. The predicted octanol–water partition coefficient (Wildman–Crippen LogP) is 3.98. The summed E-state index contributed by atoms with van der Waals surface area (Å²) in [7, 11) is 0. The van der Waals surface area contributed by atoms with E-state index in [4.69, 9.17) is 11.6 Å². The number of carbonyl (C=O) groups is 2. The van der Waals surface area contributed by atoms with Gasteiger partial charge in [0.2, 0.25) is 5.91 Å². The molecule has 1 aromatic heterocycles. The summed E-state index contributed by atoms with van der Waals surface area (Å²) in [5, 5.41) is 14.0. The molecule has 7 nitrogen and oxygen atoms in total. The van der Waals surface area contributed by atoms with Gasteiger partial charge >= 0.3 is 6.03 Å². The van der Waals surface area contributed by atoms with E-state index in [0.717, 1.165) is 16.8 Å². The van der Waals surface area contributed by atoms with Gasteiger partial charge in [0.05, 0.1) is 11.4 Å². The third-order valence-electron chi connectivity index (χ3n) is 3.82. The molecule has 0 aliphatic heterocycles. The van der Waals surface area contributed by atoms with E-state index in [9.17, 15) is 9.59 Å². The van der Waals surface area contributed by atoms with Gasteiger partial charge in [-0.25, -0.2) is 4.79 Å². The Morgan fingerprint density at radius 3 is 2.75 bits per heavy atom. The number of carbonyl (C=O) groups excluding carboxylic acids is 2. The first kappa shape index (κ1) is 19.9. The molecule has 0 spiro atoms. The minimum atomic E-state index is -0.575. The van der Waals surface area contributed by atoms with Crippen molar-refractivity contribution >= 4 is 41.0 Å². The molecule has 144 valence electrons. The van der Waals surface area contributed by atoms with E-state index in [1.165, 1.54) is 11.8 Å². The lowest BCUT2D eigenvalue weighted by Gasteiger charge is -2.10. The van der Waals surface area contributed by atoms with Crippen molar-refractivity contribution in [2.45, 2.75) is 19.0 Å². The highest BCUT2D eigenvalue weighted by atomic mass is 35.5. The number of amides is 3. The Kier molecular flexibility index (Phi) is 6.33. The number of imide groups is 1. The van der Waals surface area contributed by atoms with Gasteiger partial charge < -0.3 is 5.32 Å². The van der Waals surface area contributed by atoms with Crippen molar-refractivity contribution in [2.75, 3.05) is 11.1 Å². The van der Waals surface area contributed by atoms with Crippen LogP contribution in [0.5, 0.6) is 0 Å². The number of nitrogens with one attached hydrogen (secondary N) is 2.